The van der Waals surface area contributed by atoms with Gasteiger partial charge in [0.2, 0.25) is 10.0 Å². The number of rotatable bonds is 6. The fourth-order valence-electron chi connectivity index (χ4n) is 1.63. The van der Waals surface area contributed by atoms with Crippen LogP contribution in [0, 0.1) is 16.0 Å². The van der Waals surface area contributed by atoms with E-state index in [-0.39, 0.29) is 22.9 Å². The number of hydrogen-bond acceptors (Lipinski definition) is 5. The maximum Gasteiger partial charge on any atom is 0.274 e. The second-order valence-electron chi connectivity index (χ2n) is 4.77. The molecule has 0 spiro atoms. The number of nitrogens with one attached hydrogen (secondary N) is 1. The first-order valence-electron chi connectivity index (χ1n) is 6.08. The van der Waals surface area contributed by atoms with Crippen molar-refractivity contribution in [1.29, 1.82) is 0 Å². The van der Waals surface area contributed by atoms with Crippen molar-refractivity contribution >= 4 is 15.7 Å². The molecule has 0 aliphatic carbocycles. The largest absolute Gasteiger partial charge is 0.393 e. The molecular formula is C12H18N2O5S. The minimum absolute atomic E-state index is 0.0460. The van der Waals surface area contributed by atoms with Crippen LogP contribution < -0.4 is 4.72 Å². The molecule has 0 heterocycles. The first-order chi connectivity index (χ1) is 9.19. The highest BCUT2D eigenvalue weighted by molar-refractivity contribution is 7.89. The summed E-state index contributed by atoms with van der Waals surface area (Å²) in [5.74, 6) is -0.0460. The molecule has 0 amide bonds. The molecule has 1 unspecified atom stereocenters. The predicted molar refractivity (Wildman–Crippen MR) is 73.9 cm³/mol. The minimum atomic E-state index is -3.73. The van der Waals surface area contributed by atoms with Crippen molar-refractivity contribution in [1.82, 2.24) is 4.72 Å². The Morgan fingerprint density at radius 1 is 1.40 bits per heavy atom. The van der Waals surface area contributed by atoms with E-state index in [0.717, 1.165) is 6.07 Å². The van der Waals surface area contributed by atoms with Gasteiger partial charge < -0.3 is 5.11 Å². The van der Waals surface area contributed by atoms with Crippen LogP contribution in [0.4, 0.5) is 5.69 Å². The third-order valence-corrected chi connectivity index (χ3v) is 4.44. The van der Waals surface area contributed by atoms with E-state index in [1.165, 1.54) is 19.2 Å². The molecule has 20 heavy (non-hydrogen) atoms. The average Bonchev–Trinajstić information content (AvgIpc) is 2.38. The number of nitrogens with zero attached hydrogens (tertiary/aromatic N) is 1. The summed E-state index contributed by atoms with van der Waals surface area (Å²) >= 11 is 0. The Morgan fingerprint density at radius 2 is 2.00 bits per heavy atom. The third-order valence-electron chi connectivity index (χ3n) is 3.03. The second kappa shape index (κ2) is 6.29. The van der Waals surface area contributed by atoms with Gasteiger partial charge in [0.1, 0.15) is 0 Å². The predicted octanol–water partition coefficient (Wildman–Crippen LogP) is 1.06. The van der Waals surface area contributed by atoms with E-state index in [2.05, 4.69) is 4.72 Å². The zero-order chi connectivity index (χ0) is 15.5. The first kappa shape index (κ1) is 16.5. The molecule has 0 aromatic heterocycles. The van der Waals surface area contributed by atoms with Crippen LogP contribution in [-0.4, -0.2) is 31.6 Å². The van der Waals surface area contributed by atoms with E-state index in [9.17, 15) is 23.6 Å². The van der Waals surface area contributed by atoms with Gasteiger partial charge in [-0.1, -0.05) is 19.9 Å². The molecule has 0 radical (unpaired) electrons. The van der Waals surface area contributed by atoms with E-state index in [1.807, 2.05) is 0 Å². The highest BCUT2D eigenvalue weighted by Gasteiger charge is 2.22. The third kappa shape index (κ3) is 3.75. The van der Waals surface area contributed by atoms with Crippen LogP contribution in [-0.2, 0) is 16.4 Å². The van der Waals surface area contributed by atoms with Crippen LogP contribution in [0.5, 0.6) is 0 Å². The maximum absolute atomic E-state index is 11.6. The summed E-state index contributed by atoms with van der Waals surface area (Å²) in [6.07, 6.45) is -0.617. The lowest BCUT2D eigenvalue weighted by Gasteiger charge is -2.14. The van der Waals surface area contributed by atoms with Crippen molar-refractivity contribution in [3.8, 4) is 0 Å². The number of aliphatic hydroxyl groups excluding tert-OH is 1. The monoisotopic (exact) mass is 302 g/mol. The highest BCUT2D eigenvalue weighted by atomic mass is 32.2. The van der Waals surface area contributed by atoms with Gasteiger partial charge in [0, 0.05) is 18.1 Å². The topological polar surface area (TPSA) is 110 Å². The molecule has 1 rings (SSSR count). The molecule has 1 aromatic carbocycles. The molecular weight excluding hydrogens is 284 g/mol. The van der Waals surface area contributed by atoms with Gasteiger partial charge in [0.25, 0.3) is 5.69 Å². The molecule has 2 N–H and O–H groups in total. The lowest BCUT2D eigenvalue weighted by atomic mass is 9.98. The zero-order valence-electron chi connectivity index (χ0n) is 11.5. The molecule has 7 nitrogen and oxygen atoms in total. The molecule has 0 saturated heterocycles. The fraction of sp³-hybridized carbons (Fsp3) is 0.500. The Kier molecular flexibility index (Phi) is 5.21. The molecule has 112 valence electrons. The average molecular weight is 302 g/mol. The summed E-state index contributed by atoms with van der Waals surface area (Å²) in [6, 6.07) is 3.67. The Morgan fingerprint density at radius 3 is 2.45 bits per heavy atom. The number of benzene rings is 1. The summed E-state index contributed by atoms with van der Waals surface area (Å²) in [7, 11) is -2.50. The van der Waals surface area contributed by atoms with E-state index in [1.54, 1.807) is 13.8 Å². The number of sulfonamides is 1. The minimum Gasteiger partial charge on any atom is -0.393 e. The summed E-state index contributed by atoms with van der Waals surface area (Å²) in [5.41, 5.74) is 0.00674. The summed E-state index contributed by atoms with van der Waals surface area (Å²) < 4.78 is 25.4. The number of nitro groups is 1. The van der Waals surface area contributed by atoms with Gasteiger partial charge in [-0.25, -0.2) is 13.1 Å². The van der Waals surface area contributed by atoms with E-state index in [4.69, 9.17) is 0 Å². The van der Waals surface area contributed by atoms with Crippen molar-refractivity contribution in [3.63, 3.8) is 0 Å². The molecule has 8 heteroatoms. The van der Waals surface area contributed by atoms with Crippen LogP contribution in [0.2, 0.25) is 0 Å². The van der Waals surface area contributed by atoms with Gasteiger partial charge in [-0.2, -0.15) is 0 Å². The SMILES string of the molecule is CNS(=O)(=O)c1ccc(CC(O)C(C)C)c([N+](=O)[O-])c1. The second-order valence-corrected chi connectivity index (χ2v) is 6.66. The van der Waals surface area contributed by atoms with Crippen molar-refractivity contribution < 1.29 is 18.4 Å². The molecule has 1 atom stereocenters. The summed E-state index contributed by atoms with van der Waals surface area (Å²) in [4.78, 5) is 10.2. The normalized spacial score (nSPS) is 13.4. The van der Waals surface area contributed by atoms with Crippen molar-refractivity contribution in [2.75, 3.05) is 7.05 Å². The van der Waals surface area contributed by atoms with Crippen molar-refractivity contribution in [2.45, 2.75) is 31.3 Å². The van der Waals surface area contributed by atoms with Crippen LogP contribution in [0.25, 0.3) is 0 Å². The zero-order valence-corrected chi connectivity index (χ0v) is 12.3. The Balaban J connectivity index is 3.25. The van der Waals surface area contributed by atoms with Gasteiger partial charge in [-0.05, 0) is 19.0 Å². The lowest BCUT2D eigenvalue weighted by molar-refractivity contribution is -0.385. The molecule has 0 fully saturated rings. The van der Waals surface area contributed by atoms with Crippen LogP contribution >= 0.6 is 0 Å². The fourth-order valence-corrected chi connectivity index (χ4v) is 2.38. The van der Waals surface area contributed by atoms with Gasteiger partial charge in [-0.15, -0.1) is 0 Å². The van der Waals surface area contributed by atoms with Crippen molar-refractivity contribution in [2.24, 2.45) is 5.92 Å². The Hall–Kier alpha value is -1.51. The van der Waals surface area contributed by atoms with Gasteiger partial charge >= 0.3 is 0 Å². The molecule has 0 aliphatic heterocycles. The van der Waals surface area contributed by atoms with Gasteiger partial charge in [0.15, 0.2) is 0 Å². The smallest absolute Gasteiger partial charge is 0.274 e. The summed E-state index contributed by atoms with van der Waals surface area (Å²) in [6.45, 7) is 3.60. The van der Waals surface area contributed by atoms with E-state index in [0.29, 0.717) is 5.56 Å². The van der Waals surface area contributed by atoms with Crippen molar-refractivity contribution in [3.05, 3.63) is 33.9 Å². The van der Waals surface area contributed by atoms with Crippen LogP contribution in [0.15, 0.2) is 23.1 Å². The first-order valence-corrected chi connectivity index (χ1v) is 7.56. The molecule has 0 aliphatic rings. The number of hydrogen-bond donors (Lipinski definition) is 2. The highest BCUT2D eigenvalue weighted by Crippen LogP contribution is 2.25. The quantitative estimate of drug-likeness (QED) is 0.603. The van der Waals surface area contributed by atoms with E-state index < -0.39 is 21.1 Å². The maximum atomic E-state index is 11.6. The Bertz CT molecular complexity index is 598. The van der Waals surface area contributed by atoms with Gasteiger partial charge in [0.05, 0.1) is 15.9 Å². The van der Waals surface area contributed by atoms with Gasteiger partial charge in [-0.3, -0.25) is 10.1 Å². The Labute approximate surface area is 117 Å². The van der Waals surface area contributed by atoms with E-state index >= 15 is 0 Å². The van der Waals surface area contributed by atoms with Crippen LogP contribution in [0.3, 0.4) is 0 Å². The molecule has 1 aromatic rings. The number of nitro benzene ring substituents is 1. The standard InChI is InChI=1S/C12H18N2O5S/c1-8(2)12(15)6-9-4-5-10(20(18,19)13-3)7-11(9)14(16)17/h4-5,7-8,12-13,15H,6H2,1-3H3. The lowest BCUT2D eigenvalue weighted by Crippen LogP contribution is -2.20. The molecule has 0 bridgehead atoms. The van der Waals surface area contributed by atoms with Crippen LogP contribution in [0.1, 0.15) is 19.4 Å². The molecule has 0 saturated carbocycles. The summed E-state index contributed by atoms with van der Waals surface area (Å²) in [5, 5.41) is 20.9. The number of aliphatic hydroxyl groups is 1.